The number of hydrogen-bond donors (Lipinski definition) is 1. The minimum absolute atomic E-state index is 0.286. The van der Waals surface area contributed by atoms with E-state index in [0.29, 0.717) is 22.5 Å². The van der Waals surface area contributed by atoms with Gasteiger partial charge in [-0.2, -0.15) is 5.10 Å². The van der Waals surface area contributed by atoms with Gasteiger partial charge in [-0.15, -0.1) is 5.10 Å². The smallest absolute Gasteiger partial charge is 0.238 e. The molecule has 1 aromatic heterocycles. The van der Waals surface area contributed by atoms with Gasteiger partial charge in [0.25, 0.3) is 0 Å². The van der Waals surface area contributed by atoms with E-state index in [2.05, 4.69) is 26.1 Å². The maximum atomic E-state index is 13.0. The summed E-state index contributed by atoms with van der Waals surface area (Å²) in [5, 5.41) is 7.66. The highest BCUT2D eigenvalue weighted by Crippen LogP contribution is 2.29. The fourth-order valence-electron chi connectivity index (χ4n) is 1.18. The Morgan fingerprint density at radius 2 is 2.06 bits per heavy atom. The van der Waals surface area contributed by atoms with Crippen molar-refractivity contribution < 1.29 is 9.13 Å². The number of nitrogens with zero attached hydrogens (tertiary/aromatic N) is 2. The normalized spacial score (nSPS) is 10.3. The van der Waals surface area contributed by atoms with Gasteiger partial charge in [0.2, 0.25) is 5.88 Å². The summed E-state index contributed by atoms with van der Waals surface area (Å²) in [5.41, 5.74) is 6.06. The molecule has 0 aliphatic rings. The van der Waals surface area contributed by atoms with Crippen LogP contribution in [0.5, 0.6) is 11.6 Å². The fraction of sp³-hybridized carbons (Fsp3) is 0.0909. The number of halogens is 2. The summed E-state index contributed by atoms with van der Waals surface area (Å²) in [4.78, 5) is 0. The van der Waals surface area contributed by atoms with Crippen LogP contribution in [0.1, 0.15) is 5.69 Å². The number of hydrogen-bond acceptors (Lipinski definition) is 4. The van der Waals surface area contributed by atoms with Crippen molar-refractivity contribution in [2.24, 2.45) is 5.73 Å². The van der Waals surface area contributed by atoms with E-state index in [9.17, 15) is 4.39 Å². The van der Waals surface area contributed by atoms with Gasteiger partial charge < -0.3 is 10.5 Å². The summed E-state index contributed by atoms with van der Waals surface area (Å²) in [7, 11) is 0. The SMILES string of the molecule is NCc1ccc(Oc2cc(F)ccc2Br)nn1. The lowest BCUT2D eigenvalue weighted by Gasteiger charge is -2.06. The zero-order chi connectivity index (χ0) is 12.3. The standard InChI is InChI=1S/C11H9BrFN3O/c12-9-3-1-7(13)5-10(9)17-11-4-2-8(6-14)15-16-11/h1-5H,6,14H2. The monoisotopic (exact) mass is 297 g/mol. The van der Waals surface area contributed by atoms with Crippen molar-refractivity contribution in [3.05, 3.63) is 46.3 Å². The molecule has 1 aromatic carbocycles. The molecule has 4 nitrogen and oxygen atoms in total. The van der Waals surface area contributed by atoms with Crippen LogP contribution in [-0.4, -0.2) is 10.2 Å². The Morgan fingerprint density at radius 3 is 2.71 bits per heavy atom. The van der Waals surface area contributed by atoms with E-state index < -0.39 is 0 Å². The van der Waals surface area contributed by atoms with E-state index in [1.54, 1.807) is 18.2 Å². The third-order valence-corrected chi connectivity index (χ3v) is 2.67. The lowest BCUT2D eigenvalue weighted by atomic mass is 10.3. The third-order valence-electron chi connectivity index (χ3n) is 2.01. The maximum Gasteiger partial charge on any atom is 0.238 e. The Bertz CT molecular complexity index is 519. The molecule has 6 heteroatoms. The van der Waals surface area contributed by atoms with Crippen LogP contribution < -0.4 is 10.5 Å². The number of aromatic nitrogens is 2. The molecule has 0 bridgehead atoms. The van der Waals surface area contributed by atoms with Crippen LogP contribution in [0, 0.1) is 5.82 Å². The van der Waals surface area contributed by atoms with Gasteiger partial charge in [0.1, 0.15) is 11.6 Å². The first kappa shape index (κ1) is 11.9. The topological polar surface area (TPSA) is 61.0 Å². The van der Waals surface area contributed by atoms with Crippen LogP contribution in [0.15, 0.2) is 34.8 Å². The average Bonchev–Trinajstić information content (AvgIpc) is 2.35. The number of benzene rings is 1. The Morgan fingerprint density at radius 1 is 1.24 bits per heavy atom. The molecule has 2 aromatic rings. The zero-order valence-electron chi connectivity index (χ0n) is 8.73. The van der Waals surface area contributed by atoms with Crippen molar-refractivity contribution in [3.8, 4) is 11.6 Å². The second-order valence-electron chi connectivity index (χ2n) is 3.24. The van der Waals surface area contributed by atoms with Crippen molar-refractivity contribution in [2.45, 2.75) is 6.54 Å². The van der Waals surface area contributed by atoms with E-state index in [1.165, 1.54) is 12.1 Å². The molecule has 1 heterocycles. The van der Waals surface area contributed by atoms with Gasteiger partial charge in [0.15, 0.2) is 0 Å². The average molecular weight is 298 g/mol. The summed E-state index contributed by atoms with van der Waals surface area (Å²) in [6.45, 7) is 0.316. The van der Waals surface area contributed by atoms with Crippen molar-refractivity contribution in [3.63, 3.8) is 0 Å². The summed E-state index contributed by atoms with van der Waals surface area (Å²) in [6, 6.07) is 7.50. The Kier molecular flexibility index (Phi) is 3.65. The molecule has 0 spiro atoms. The van der Waals surface area contributed by atoms with Gasteiger partial charge in [-0.3, -0.25) is 0 Å². The quantitative estimate of drug-likeness (QED) is 0.946. The molecule has 0 radical (unpaired) electrons. The van der Waals surface area contributed by atoms with Crippen LogP contribution >= 0.6 is 15.9 Å². The van der Waals surface area contributed by atoms with E-state index >= 15 is 0 Å². The van der Waals surface area contributed by atoms with Crippen LogP contribution in [0.25, 0.3) is 0 Å². The van der Waals surface area contributed by atoms with E-state index in [1.807, 2.05) is 0 Å². The molecule has 0 aliphatic heterocycles. The van der Waals surface area contributed by atoms with Gasteiger partial charge in [0, 0.05) is 18.7 Å². The minimum atomic E-state index is -0.380. The number of ether oxygens (including phenoxy) is 1. The predicted molar refractivity (Wildman–Crippen MR) is 64.1 cm³/mol. The molecule has 88 valence electrons. The van der Waals surface area contributed by atoms with Crippen LogP contribution in [0.2, 0.25) is 0 Å². The summed E-state index contributed by atoms with van der Waals surface area (Å²) >= 11 is 3.26. The molecule has 0 atom stereocenters. The van der Waals surface area contributed by atoms with Gasteiger partial charge in [0.05, 0.1) is 10.2 Å². The summed E-state index contributed by atoms with van der Waals surface area (Å²) < 4.78 is 19.0. The highest BCUT2D eigenvalue weighted by Gasteiger charge is 2.05. The molecule has 0 saturated heterocycles. The molecule has 0 fully saturated rings. The largest absolute Gasteiger partial charge is 0.436 e. The van der Waals surface area contributed by atoms with Gasteiger partial charge in [-0.25, -0.2) is 4.39 Å². The first-order valence-electron chi connectivity index (χ1n) is 4.84. The van der Waals surface area contributed by atoms with Crippen molar-refractivity contribution in [1.29, 1.82) is 0 Å². The lowest BCUT2D eigenvalue weighted by Crippen LogP contribution is -2.01. The highest BCUT2D eigenvalue weighted by atomic mass is 79.9. The number of nitrogens with two attached hydrogens (primary N) is 1. The first-order valence-corrected chi connectivity index (χ1v) is 5.64. The van der Waals surface area contributed by atoms with Crippen molar-refractivity contribution >= 4 is 15.9 Å². The minimum Gasteiger partial charge on any atom is -0.436 e. The van der Waals surface area contributed by atoms with Gasteiger partial charge in [-0.05, 0) is 34.1 Å². The van der Waals surface area contributed by atoms with E-state index in [0.717, 1.165) is 0 Å². The van der Waals surface area contributed by atoms with E-state index in [4.69, 9.17) is 10.5 Å². The molecule has 0 aliphatic carbocycles. The highest BCUT2D eigenvalue weighted by molar-refractivity contribution is 9.10. The molecule has 17 heavy (non-hydrogen) atoms. The zero-order valence-corrected chi connectivity index (χ0v) is 10.3. The summed E-state index contributed by atoms with van der Waals surface area (Å²) in [5.74, 6) is 0.253. The molecule has 0 unspecified atom stereocenters. The second-order valence-corrected chi connectivity index (χ2v) is 4.10. The first-order chi connectivity index (χ1) is 8.19. The molecular formula is C11H9BrFN3O. The fourth-order valence-corrected chi connectivity index (χ4v) is 1.51. The second kappa shape index (κ2) is 5.20. The van der Waals surface area contributed by atoms with Crippen LogP contribution in [-0.2, 0) is 6.54 Å². The molecule has 0 saturated carbocycles. The van der Waals surface area contributed by atoms with Crippen LogP contribution in [0.3, 0.4) is 0 Å². The number of rotatable bonds is 3. The maximum absolute atomic E-state index is 13.0. The van der Waals surface area contributed by atoms with E-state index in [-0.39, 0.29) is 11.7 Å². The molecule has 2 rings (SSSR count). The predicted octanol–water partition coefficient (Wildman–Crippen LogP) is 2.63. The Hall–Kier alpha value is -1.53. The van der Waals surface area contributed by atoms with Gasteiger partial charge in [-0.1, -0.05) is 0 Å². The molecule has 2 N–H and O–H groups in total. The lowest BCUT2D eigenvalue weighted by molar-refractivity contribution is 0.447. The van der Waals surface area contributed by atoms with Crippen molar-refractivity contribution in [2.75, 3.05) is 0 Å². The van der Waals surface area contributed by atoms with Crippen molar-refractivity contribution in [1.82, 2.24) is 10.2 Å². The van der Waals surface area contributed by atoms with Gasteiger partial charge >= 0.3 is 0 Å². The molecular weight excluding hydrogens is 289 g/mol. The Balaban J connectivity index is 2.22. The van der Waals surface area contributed by atoms with Crippen LogP contribution in [0.4, 0.5) is 4.39 Å². The summed E-state index contributed by atoms with van der Waals surface area (Å²) in [6.07, 6.45) is 0. The third kappa shape index (κ3) is 2.98. The Labute approximate surface area is 106 Å². The molecule has 0 amide bonds.